The van der Waals surface area contributed by atoms with E-state index in [2.05, 4.69) is 48.2 Å². The maximum absolute atomic E-state index is 13.4. The number of hydrogen-bond donors (Lipinski definition) is 2. The molecule has 5 aliphatic rings. The van der Waals surface area contributed by atoms with Gasteiger partial charge in [0.15, 0.2) is 11.5 Å². The summed E-state index contributed by atoms with van der Waals surface area (Å²) < 4.78 is 6.08. The molecule has 15 heteroatoms. The number of allylic oxidation sites excluding steroid dienone is 1. The van der Waals surface area contributed by atoms with Crippen LogP contribution in [0.4, 0.5) is 11.5 Å². The molecule has 5 heterocycles. The van der Waals surface area contributed by atoms with E-state index in [0.29, 0.717) is 57.6 Å². The van der Waals surface area contributed by atoms with E-state index >= 15 is 0 Å². The van der Waals surface area contributed by atoms with Gasteiger partial charge in [0.2, 0.25) is 5.91 Å². The summed E-state index contributed by atoms with van der Waals surface area (Å²) in [5, 5.41) is 24.0. The number of aromatic nitrogens is 2. The number of ether oxygens (including phenoxy) is 1. The number of carbonyl (C=O) groups is 4. The van der Waals surface area contributed by atoms with E-state index in [1.165, 1.54) is 0 Å². The van der Waals surface area contributed by atoms with Gasteiger partial charge in [-0.2, -0.15) is 5.26 Å². The molecule has 4 amide bonds. The maximum atomic E-state index is 13.4. The van der Waals surface area contributed by atoms with Crippen LogP contribution in [0.2, 0.25) is 5.02 Å². The number of fused-ring (bicyclic) bond motifs is 1. The Morgan fingerprint density at radius 1 is 0.877 bits per heavy atom. The summed E-state index contributed by atoms with van der Waals surface area (Å²) in [6.07, 6.45) is 6.19. The molecular weight excluding hydrogens is 746 g/mol. The van der Waals surface area contributed by atoms with Gasteiger partial charge >= 0.3 is 0 Å². The van der Waals surface area contributed by atoms with Gasteiger partial charge in [-0.15, -0.1) is 10.2 Å². The van der Waals surface area contributed by atoms with Gasteiger partial charge < -0.3 is 25.2 Å². The Bertz CT molecular complexity index is 2100. The Hall–Kier alpha value is -5.52. The summed E-state index contributed by atoms with van der Waals surface area (Å²) in [6, 6.07) is 15.4. The number of anilines is 2. The molecule has 0 radical (unpaired) electrons. The molecule has 3 aromatic rings. The summed E-state index contributed by atoms with van der Waals surface area (Å²) in [7, 11) is 0. The number of piperidine rings is 2. The zero-order valence-corrected chi connectivity index (χ0v) is 32.5. The van der Waals surface area contributed by atoms with Gasteiger partial charge in [-0.1, -0.05) is 18.2 Å². The number of amides is 4. The molecule has 2 N–H and O–H groups in total. The molecule has 0 spiro atoms. The second-order valence-electron chi connectivity index (χ2n) is 15.7. The minimum atomic E-state index is -0.817. The summed E-state index contributed by atoms with van der Waals surface area (Å²) in [5.41, 5.74) is 2.95. The lowest BCUT2D eigenvalue weighted by Crippen LogP contribution is -2.51. The average Bonchev–Trinajstić information content (AvgIpc) is 3.47. The number of nitriles is 1. The number of nitrogens with one attached hydrogen (secondary N) is 2. The van der Waals surface area contributed by atoms with Crippen LogP contribution in [0, 0.1) is 17.2 Å². The average molecular weight is 792 g/mol. The lowest BCUT2D eigenvalue weighted by atomic mass is 9.93. The molecule has 4 aliphatic heterocycles. The number of carbonyl (C=O) groups excluding carboxylic acids is 4. The Kier molecular flexibility index (Phi) is 11.1. The third-order valence-electron chi connectivity index (χ3n) is 12.0. The molecule has 57 heavy (non-hydrogen) atoms. The van der Waals surface area contributed by atoms with Gasteiger partial charge in [0.1, 0.15) is 17.9 Å². The largest absolute Gasteiger partial charge is 0.490 e. The zero-order valence-electron chi connectivity index (χ0n) is 31.8. The van der Waals surface area contributed by atoms with Gasteiger partial charge in [0.05, 0.1) is 27.8 Å². The lowest BCUT2D eigenvalue weighted by molar-refractivity contribution is -0.125. The summed E-state index contributed by atoms with van der Waals surface area (Å²) in [6.45, 7) is 10.0. The van der Waals surface area contributed by atoms with Crippen LogP contribution in [0.25, 0.3) is 0 Å². The Balaban J connectivity index is 0.753. The Morgan fingerprint density at radius 3 is 2.32 bits per heavy atom. The molecule has 14 nitrogen and oxygen atoms in total. The van der Waals surface area contributed by atoms with Crippen LogP contribution < -0.4 is 25.2 Å². The fourth-order valence-electron chi connectivity index (χ4n) is 8.69. The minimum absolute atomic E-state index is 0.0231. The zero-order chi connectivity index (χ0) is 39.6. The first-order chi connectivity index (χ1) is 27.6. The highest BCUT2D eigenvalue weighted by atomic mass is 35.5. The van der Waals surface area contributed by atoms with Crippen molar-refractivity contribution in [1.29, 1.82) is 5.26 Å². The number of hydrogen-bond acceptors (Lipinski definition) is 11. The van der Waals surface area contributed by atoms with Crippen molar-refractivity contribution >= 4 is 46.7 Å². The second kappa shape index (κ2) is 16.5. The number of halogens is 1. The molecule has 4 fully saturated rings. The van der Waals surface area contributed by atoms with E-state index in [-0.39, 0.29) is 24.0 Å². The van der Waals surface area contributed by atoms with Gasteiger partial charge in [-0.05, 0) is 99.7 Å². The lowest BCUT2D eigenvalue weighted by Gasteiger charge is -2.39. The minimum Gasteiger partial charge on any atom is -0.490 e. The summed E-state index contributed by atoms with van der Waals surface area (Å²) in [5.74, 6) is 0.584. The SMILES string of the molecule is C=C1CCC(N2C(=O)c3ccc(N4CCN(CC5CCN(c6ccc(C(=O)N[C@H]7CC[C@H](Oc8ccc(C#N)c(Cl)c8)CC7)nn6)CC5)CC4)cc3C2=O)C(=O)N1. The fourth-order valence-corrected chi connectivity index (χ4v) is 8.90. The van der Waals surface area contributed by atoms with E-state index in [1.807, 2.05) is 18.2 Å². The first kappa shape index (κ1) is 38.4. The van der Waals surface area contributed by atoms with Gasteiger partial charge in [-0.3, -0.25) is 29.0 Å². The normalized spacial score (nSPS) is 23.2. The van der Waals surface area contributed by atoms with E-state index in [0.717, 1.165) is 101 Å². The predicted octanol–water partition coefficient (Wildman–Crippen LogP) is 4.55. The van der Waals surface area contributed by atoms with Crippen LogP contribution >= 0.6 is 11.6 Å². The van der Waals surface area contributed by atoms with E-state index in [1.54, 1.807) is 30.3 Å². The highest BCUT2D eigenvalue weighted by molar-refractivity contribution is 6.31. The molecule has 2 aromatic carbocycles. The van der Waals surface area contributed by atoms with Crippen molar-refractivity contribution in [2.75, 3.05) is 55.6 Å². The number of imide groups is 1. The van der Waals surface area contributed by atoms with E-state index < -0.39 is 17.9 Å². The van der Waals surface area contributed by atoms with Crippen molar-refractivity contribution in [3.63, 3.8) is 0 Å². The molecular formula is C42H46ClN9O5. The third kappa shape index (κ3) is 8.31. The fraction of sp³-hybridized carbons (Fsp3) is 0.452. The van der Waals surface area contributed by atoms with Crippen LogP contribution in [-0.2, 0) is 4.79 Å². The molecule has 8 rings (SSSR count). The van der Waals surface area contributed by atoms with Crippen molar-refractivity contribution in [2.45, 2.75) is 69.6 Å². The molecule has 1 saturated carbocycles. The van der Waals surface area contributed by atoms with Crippen molar-refractivity contribution < 1.29 is 23.9 Å². The molecule has 1 atom stereocenters. The van der Waals surface area contributed by atoms with Crippen molar-refractivity contribution in [3.05, 3.63) is 88.2 Å². The van der Waals surface area contributed by atoms with Gasteiger partial charge in [-0.25, -0.2) is 0 Å². The van der Waals surface area contributed by atoms with Crippen LogP contribution in [0.3, 0.4) is 0 Å². The highest BCUT2D eigenvalue weighted by Crippen LogP contribution is 2.32. The quantitative estimate of drug-likeness (QED) is 0.293. The first-order valence-corrected chi connectivity index (χ1v) is 20.2. The van der Waals surface area contributed by atoms with Gasteiger partial charge in [0, 0.05) is 69.3 Å². The van der Waals surface area contributed by atoms with E-state index in [4.69, 9.17) is 21.6 Å². The van der Waals surface area contributed by atoms with E-state index in [9.17, 15) is 19.2 Å². The van der Waals surface area contributed by atoms with Crippen LogP contribution in [0.5, 0.6) is 5.75 Å². The molecule has 1 aromatic heterocycles. The second-order valence-corrected chi connectivity index (χ2v) is 16.1. The Labute approximate surface area is 336 Å². The molecule has 1 unspecified atom stereocenters. The monoisotopic (exact) mass is 791 g/mol. The van der Waals surface area contributed by atoms with Crippen molar-refractivity contribution in [2.24, 2.45) is 5.92 Å². The smallest absolute Gasteiger partial charge is 0.272 e. The number of piperazine rings is 1. The third-order valence-corrected chi connectivity index (χ3v) is 12.3. The predicted molar refractivity (Wildman–Crippen MR) is 213 cm³/mol. The highest BCUT2D eigenvalue weighted by Gasteiger charge is 2.44. The maximum Gasteiger partial charge on any atom is 0.272 e. The molecule has 0 bridgehead atoms. The first-order valence-electron chi connectivity index (χ1n) is 19.9. The topological polar surface area (TPSA) is 164 Å². The molecule has 3 saturated heterocycles. The molecule has 296 valence electrons. The van der Waals surface area contributed by atoms with Crippen molar-refractivity contribution in [3.8, 4) is 11.8 Å². The Morgan fingerprint density at radius 2 is 1.63 bits per heavy atom. The van der Waals surface area contributed by atoms with Crippen LogP contribution in [0.1, 0.15) is 88.1 Å². The number of rotatable bonds is 9. The van der Waals surface area contributed by atoms with Crippen molar-refractivity contribution in [1.82, 2.24) is 30.6 Å². The number of benzene rings is 2. The summed E-state index contributed by atoms with van der Waals surface area (Å²) >= 11 is 6.15. The summed E-state index contributed by atoms with van der Waals surface area (Å²) in [4.78, 5) is 60.2. The van der Waals surface area contributed by atoms with Gasteiger partial charge in [0.25, 0.3) is 17.7 Å². The standard InChI is InChI=1S/C42H46ClN9O5/c1-26-2-12-37(40(54)45-26)52-41(55)33-10-6-30(22-34(33)42(52)56)50-20-18-49(19-21-50)25-27-14-16-51(17-15-27)38-13-11-36(47-48-38)39(53)46-29-4-8-31(9-5-29)57-32-7-3-28(24-44)35(43)23-32/h3,6-7,10-11,13,22-23,27,29,31,37H,1-2,4-5,8-9,12,14-21,25H2,(H,45,54)(H,46,53)/t29-,31-,37?. The van der Waals surface area contributed by atoms with Crippen LogP contribution in [0.15, 0.2) is 60.8 Å². The molecule has 1 aliphatic carbocycles. The van der Waals surface area contributed by atoms with Crippen LogP contribution in [-0.4, -0.2) is 108 Å². The number of nitrogens with zero attached hydrogens (tertiary/aromatic N) is 7.